The third-order valence-corrected chi connectivity index (χ3v) is 3.58. The Labute approximate surface area is 149 Å². The van der Waals surface area contributed by atoms with E-state index in [1.807, 2.05) is 61.5 Å². The Morgan fingerprint density at radius 1 is 1.12 bits per heavy atom. The highest BCUT2D eigenvalue weighted by Gasteiger charge is 2.13. The first kappa shape index (κ1) is 18.4. The summed E-state index contributed by atoms with van der Waals surface area (Å²) >= 11 is 0. The minimum atomic E-state index is -0.461. The van der Waals surface area contributed by atoms with Gasteiger partial charge in [0.05, 0.1) is 13.7 Å². The van der Waals surface area contributed by atoms with Crippen molar-refractivity contribution >= 4 is 6.09 Å². The lowest BCUT2D eigenvalue weighted by atomic mass is 10.1. The van der Waals surface area contributed by atoms with Gasteiger partial charge < -0.3 is 14.8 Å². The molecule has 0 bridgehead atoms. The van der Waals surface area contributed by atoms with Gasteiger partial charge in [-0.25, -0.2) is 4.79 Å². The summed E-state index contributed by atoms with van der Waals surface area (Å²) in [7, 11) is 1.62. The van der Waals surface area contributed by atoms with Gasteiger partial charge in [-0.1, -0.05) is 55.5 Å². The van der Waals surface area contributed by atoms with Gasteiger partial charge in [-0.3, -0.25) is 0 Å². The number of methoxy groups -OCH3 is 1. The first-order valence-corrected chi connectivity index (χ1v) is 8.36. The fourth-order valence-electron chi connectivity index (χ4n) is 2.14. The van der Waals surface area contributed by atoms with Gasteiger partial charge in [0.1, 0.15) is 11.8 Å². The molecule has 0 aliphatic rings. The number of unbranched alkanes of at least 4 members (excludes halogenated alkanes) is 1. The van der Waals surface area contributed by atoms with E-state index in [0.717, 1.165) is 29.7 Å². The van der Waals surface area contributed by atoms with Crippen LogP contribution in [0.5, 0.6) is 5.75 Å². The van der Waals surface area contributed by atoms with E-state index in [1.165, 1.54) is 0 Å². The molecule has 2 aromatic rings. The van der Waals surface area contributed by atoms with E-state index in [2.05, 4.69) is 17.2 Å². The lowest BCUT2D eigenvalue weighted by molar-refractivity contribution is 0.142. The number of hydrogen-bond donors (Lipinski definition) is 1. The molecule has 0 aromatic heterocycles. The Bertz CT molecular complexity index is 714. The molecule has 25 heavy (non-hydrogen) atoms. The summed E-state index contributed by atoms with van der Waals surface area (Å²) in [6.07, 6.45) is 1.36. The van der Waals surface area contributed by atoms with Crippen LogP contribution in [0.25, 0.3) is 0 Å². The van der Waals surface area contributed by atoms with Gasteiger partial charge in [-0.2, -0.15) is 0 Å². The van der Waals surface area contributed by atoms with Crippen LogP contribution < -0.4 is 10.1 Å². The van der Waals surface area contributed by atoms with Gasteiger partial charge in [-0.15, -0.1) is 0 Å². The van der Waals surface area contributed by atoms with Crippen molar-refractivity contribution in [2.45, 2.75) is 25.8 Å². The number of benzene rings is 2. The summed E-state index contributed by atoms with van der Waals surface area (Å²) in [6, 6.07) is 16.7. The highest BCUT2D eigenvalue weighted by atomic mass is 16.5. The van der Waals surface area contributed by atoms with Crippen molar-refractivity contribution in [3.8, 4) is 17.6 Å². The zero-order valence-electron chi connectivity index (χ0n) is 14.6. The molecule has 0 saturated carbocycles. The van der Waals surface area contributed by atoms with Crippen LogP contribution in [0.2, 0.25) is 0 Å². The van der Waals surface area contributed by atoms with E-state index in [1.54, 1.807) is 7.11 Å². The van der Waals surface area contributed by atoms with E-state index in [9.17, 15) is 4.79 Å². The zero-order chi connectivity index (χ0) is 17.9. The van der Waals surface area contributed by atoms with Crippen molar-refractivity contribution in [1.29, 1.82) is 0 Å². The third-order valence-electron chi connectivity index (χ3n) is 3.58. The zero-order valence-corrected chi connectivity index (χ0v) is 14.6. The molecule has 1 N–H and O–H groups in total. The van der Waals surface area contributed by atoms with Crippen LogP contribution in [-0.2, 0) is 4.74 Å². The van der Waals surface area contributed by atoms with Crippen molar-refractivity contribution in [1.82, 2.24) is 5.32 Å². The number of carbonyl (C=O) groups excluding carboxylic acids is 1. The van der Waals surface area contributed by atoms with Gasteiger partial charge in [-0.05, 0) is 36.2 Å². The monoisotopic (exact) mass is 337 g/mol. The summed E-state index contributed by atoms with van der Waals surface area (Å²) in [6.45, 7) is 2.45. The largest absolute Gasteiger partial charge is 0.497 e. The van der Waals surface area contributed by atoms with E-state index in [-0.39, 0.29) is 0 Å². The van der Waals surface area contributed by atoms with Crippen LogP contribution in [0.4, 0.5) is 4.79 Å². The van der Waals surface area contributed by atoms with Crippen molar-refractivity contribution in [2.75, 3.05) is 13.7 Å². The second kappa shape index (κ2) is 10.0. The fourth-order valence-corrected chi connectivity index (χ4v) is 2.14. The topological polar surface area (TPSA) is 47.6 Å². The van der Waals surface area contributed by atoms with E-state index in [4.69, 9.17) is 9.47 Å². The average molecular weight is 337 g/mol. The molecule has 0 spiro atoms. The Balaban J connectivity index is 2.15. The number of rotatable bonds is 6. The summed E-state index contributed by atoms with van der Waals surface area (Å²) in [5.74, 6) is 6.96. The molecule has 0 aliphatic heterocycles. The Hall–Kier alpha value is -2.93. The van der Waals surface area contributed by atoms with E-state index in [0.29, 0.717) is 6.61 Å². The van der Waals surface area contributed by atoms with E-state index < -0.39 is 12.1 Å². The minimum absolute atomic E-state index is 0.407. The molecule has 2 aromatic carbocycles. The van der Waals surface area contributed by atoms with Crippen LogP contribution in [0, 0.1) is 11.8 Å². The molecule has 130 valence electrons. The molecule has 0 fully saturated rings. The van der Waals surface area contributed by atoms with Crippen LogP contribution >= 0.6 is 0 Å². The predicted octanol–water partition coefficient (Wildman–Crippen LogP) is 4.31. The van der Waals surface area contributed by atoms with Crippen LogP contribution in [0.1, 0.15) is 36.9 Å². The smallest absolute Gasteiger partial charge is 0.408 e. The Kier molecular flexibility index (Phi) is 7.40. The average Bonchev–Trinajstić information content (AvgIpc) is 2.66. The lowest BCUT2D eigenvalue weighted by Crippen LogP contribution is -2.28. The normalized spacial score (nSPS) is 11.0. The van der Waals surface area contributed by atoms with Crippen molar-refractivity contribution in [2.24, 2.45) is 0 Å². The highest BCUT2D eigenvalue weighted by molar-refractivity contribution is 5.68. The molecule has 1 amide bonds. The number of carbonyl (C=O) groups is 1. The molecule has 0 radical (unpaired) electrons. The summed E-state index contributed by atoms with van der Waals surface area (Å²) in [5.41, 5.74) is 1.76. The first-order valence-electron chi connectivity index (χ1n) is 8.36. The highest BCUT2D eigenvalue weighted by Crippen LogP contribution is 2.17. The number of nitrogens with one attached hydrogen (secondary N) is 1. The lowest BCUT2D eigenvalue weighted by Gasteiger charge is -2.14. The summed E-state index contributed by atoms with van der Waals surface area (Å²) < 4.78 is 10.4. The quantitative estimate of drug-likeness (QED) is 0.631. The summed E-state index contributed by atoms with van der Waals surface area (Å²) in [5, 5.41) is 2.82. The third kappa shape index (κ3) is 6.23. The maximum Gasteiger partial charge on any atom is 0.408 e. The second-order valence-electron chi connectivity index (χ2n) is 5.48. The molecular weight excluding hydrogens is 314 g/mol. The molecule has 0 aliphatic carbocycles. The molecule has 0 heterocycles. The van der Waals surface area contributed by atoms with E-state index >= 15 is 0 Å². The van der Waals surface area contributed by atoms with Gasteiger partial charge >= 0.3 is 6.09 Å². The van der Waals surface area contributed by atoms with Crippen LogP contribution in [0.15, 0.2) is 54.6 Å². The Morgan fingerprint density at radius 3 is 2.48 bits per heavy atom. The number of ether oxygens (including phenoxy) is 2. The number of hydrogen-bond acceptors (Lipinski definition) is 3. The van der Waals surface area contributed by atoms with Gasteiger partial charge in [0, 0.05) is 5.56 Å². The Morgan fingerprint density at radius 2 is 1.84 bits per heavy atom. The minimum Gasteiger partial charge on any atom is -0.497 e. The van der Waals surface area contributed by atoms with Crippen molar-refractivity contribution < 1.29 is 14.3 Å². The standard InChI is InChI=1S/C21H23NO3/c1-3-4-16-25-21(23)22-20(15-10-17-8-6-5-7-9-17)18-11-13-19(24-2)14-12-18/h5-9,11-14,20H,3-4,16H2,1-2H3,(H,22,23). The molecular formula is C21H23NO3. The molecule has 4 nitrogen and oxygen atoms in total. The molecule has 1 atom stereocenters. The first-order chi connectivity index (χ1) is 12.2. The van der Waals surface area contributed by atoms with Crippen LogP contribution in [0.3, 0.4) is 0 Å². The molecule has 1 unspecified atom stereocenters. The van der Waals surface area contributed by atoms with Crippen molar-refractivity contribution in [3.05, 3.63) is 65.7 Å². The summed E-state index contributed by atoms with van der Waals surface area (Å²) in [4.78, 5) is 12.0. The van der Waals surface area contributed by atoms with Crippen molar-refractivity contribution in [3.63, 3.8) is 0 Å². The number of alkyl carbamates (subject to hydrolysis) is 1. The number of amides is 1. The van der Waals surface area contributed by atoms with Gasteiger partial charge in [0.15, 0.2) is 0 Å². The van der Waals surface area contributed by atoms with Gasteiger partial charge in [0.25, 0.3) is 0 Å². The maximum absolute atomic E-state index is 12.0. The molecule has 4 heteroatoms. The van der Waals surface area contributed by atoms with Crippen LogP contribution in [-0.4, -0.2) is 19.8 Å². The predicted molar refractivity (Wildman–Crippen MR) is 98.4 cm³/mol. The maximum atomic E-state index is 12.0. The van der Waals surface area contributed by atoms with Gasteiger partial charge in [0.2, 0.25) is 0 Å². The second-order valence-corrected chi connectivity index (χ2v) is 5.48. The fraction of sp³-hybridized carbons (Fsp3) is 0.286. The molecule has 0 saturated heterocycles. The SMILES string of the molecule is CCCCOC(=O)NC(C#Cc1ccccc1)c1ccc(OC)cc1. The molecule has 2 rings (SSSR count).